The first-order chi connectivity index (χ1) is 3.97. The molecule has 0 saturated carbocycles. The SMILES string of the molecule is c1cc2c[pH]cc2[pH]1. The van der Waals surface area contributed by atoms with E-state index in [-0.39, 0.29) is 0 Å². The van der Waals surface area contributed by atoms with E-state index in [1.54, 1.807) is 5.12 Å². The van der Waals surface area contributed by atoms with Crippen molar-refractivity contribution in [1.29, 1.82) is 0 Å². The molecule has 2 heteroatoms. The molecule has 0 bridgehead atoms. The van der Waals surface area contributed by atoms with Crippen LogP contribution in [0.4, 0.5) is 0 Å². The zero-order valence-corrected chi connectivity index (χ0v) is 6.31. The number of hydrogen-bond donors (Lipinski definition) is 0. The summed E-state index contributed by atoms with van der Waals surface area (Å²) in [7, 11) is 1.92. The van der Waals surface area contributed by atoms with Gasteiger partial charge < -0.3 is 0 Å². The molecule has 0 aliphatic heterocycles. The standard InChI is InChI=1S/C6H6P2/c1-2-8-6-4-7-3-5(1)6/h1-4,7-8H. The second-order valence-electron chi connectivity index (χ2n) is 1.80. The van der Waals surface area contributed by atoms with Gasteiger partial charge in [0.05, 0.1) is 0 Å². The molecule has 2 aromatic heterocycles. The first-order valence-corrected chi connectivity index (χ1v) is 4.80. The van der Waals surface area contributed by atoms with Crippen LogP contribution in [-0.2, 0) is 0 Å². The maximum atomic E-state index is 2.34. The molecule has 8 heavy (non-hydrogen) atoms. The predicted molar refractivity (Wildman–Crippen MR) is 43.0 cm³/mol. The van der Waals surface area contributed by atoms with Gasteiger partial charge in [0.2, 0.25) is 0 Å². The fourth-order valence-corrected chi connectivity index (χ4v) is 3.20. The van der Waals surface area contributed by atoms with Crippen LogP contribution in [0.3, 0.4) is 0 Å². The summed E-state index contributed by atoms with van der Waals surface area (Å²) in [6.07, 6.45) is 0. The van der Waals surface area contributed by atoms with Crippen molar-refractivity contribution in [3.8, 4) is 0 Å². The second kappa shape index (κ2) is 1.65. The molecule has 2 unspecified atom stereocenters. The molecule has 0 saturated heterocycles. The third-order valence-corrected chi connectivity index (χ3v) is 3.58. The lowest BCUT2D eigenvalue weighted by atomic mass is 10.4. The van der Waals surface area contributed by atoms with Crippen LogP contribution in [0.2, 0.25) is 0 Å². The van der Waals surface area contributed by atoms with Crippen molar-refractivity contribution in [3.05, 3.63) is 23.5 Å². The minimum Gasteiger partial charge on any atom is -0.138 e. The summed E-state index contributed by atoms with van der Waals surface area (Å²) in [5.41, 5.74) is 0. The van der Waals surface area contributed by atoms with Gasteiger partial charge in [-0.1, -0.05) is 0 Å². The van der Waals surface area contributed by atoms with E-state index >= 15 is 0 Å². The highest BCUT2D eigenvalue weighted by Crippen LogP contribution is 2.29. The van der Waals surface area contributed by atoms with Gasteiger partial charge in [0.25, 0.3) is 0 Å². The smallest absolute Gasteiger partial charge is 0.00218 e. The summed E-state index contributed by atoms with van der Waals surface area (Å²) in [4.78, 5) is 0. The Morgan fingerprint density at radius 1 is 1.25 bits per heavy atom. The summed E-state index contributed by atoms with van der Waals surface area (Å²) in [6.45, 7) is 0. The first-order valence-electron chi connectivity index (χ1n) is 2.57. The fourth-order valence-electron chi connectivity index (χ4n) is 0.860. The minimum absolute atomic E-state index is 0.959. The van der Waals surface area contributed by atoms with E-state index in [9.17, 15) is 0 Å². The number of fused-ring (bicyclic) bond motifs is 1. The summed E-state index contributed by atoms with van der Waals surface area (Å²) in [6, 6.07) is 2.23. The average Bonchev–Trinajstić information content (AvgIpc) is 2.15. The van der Waals surface area contributed by atoms with Gasteiger partial charge in [0.15, 0.2) is 0 Å². The molecular weight excluding hydrogens is 134 g/mol. The zero-order valence-electron chi connectivity index (χ0n) is 4.31. The molecule has 0 aromatic carbocycles. The Bertz CT molecular complexity index is 228. The quantitative estimate of drug-likeness (QED) is 0.527. The highest BCUT2D eigenvalue weighted by Gasteiger charge is 1.88. The molecule has 0 N–H and O–H groups in total. The van der Waals surface area contributed by atoms with Crippen LogP contribution < -0.4 is 0 Å². The molecule has 2 rings (SSSR count). The Balaban J connectivity index is 3.06. The van der Waals surface area contributed by atoms with E-state index < -0.39 is 0 Å². The van der Waals surface area contributed by atoms with E-state index in [1.165, 1.54) is 5.39 Å². The van der Waals surface area contributed by atoms with Crippen molar-refractivity contribution >= 4 is 26.9 Å². The zero-order chi connectivity index (χ0) is 5.40. The van der Waals surface area contributed by atoms with Crippen LogP contribution in [0.1, 0.15) is 0 Å². The molecule has 0 aliphatic carbocycles. The molecule has 2 atom stereocenters. The summed E-state index contributed by atoms with van der Waals surface area (Å²) < 4.78 is 0. The van der Waals surface area contributed by atoms with Gasteiger partial charge in [0.1, 0.15) is 0 Å². The lowest BCUT2D eigenvalue weighted by Crippen LogP contribution is -1.36. The highest BCUT2D eigenvalue weighted by molar-refractivity contribution is 7.40. The largest absolute Gasteiger partial charge is 0.138 e. The molecular formula is C6H6P2. The van der Waals surface area contributed by atoms with E-state index in [0.717, 1.165) is 16.4 Å². The summed E-state index contributed by atoms with van der Waals surface area (Å²) >= 11 is 0. The summed E-state index contributed by atoms with van der Waals surface area (Å²) in [5.74, 6) is 6.90. The lowest BCUT2D eigenvalue weighted by Gasteiger charge is -1.66. The average molecular weight is 140 g/mol. The normalized spacial score (nSPS) is 12.5. The van der Waals surface area contributed by atoms with Crippen molar-refractivity contribution in [2.45, 2.75) is 0 Å². The topological polar surface area (TPSA) is 0 Å². The van der Waals surface area contributed by atoms with Gasteiger partial charge in [-0.2, -0.15) is 0 Å². The Morgan fingerprint density at radius 2 is 2.25 bits per heavy atom. The maximum absolute atomic E-state index is 2.34. The van der Waals surface area contributed by atoms with Crippen LogP contribution in [0.25, 0.3) is 10.5 Å². The van der Waals surface area contributed by atoms with Crippen LogP contribution in [0.15, 0.2) is 23.5 Å². The fraction of sp³-hybridized carbons (Fsp3) is 0. The Labute approximate surface area is 51.1 Å². The molecule has 0 spiro atoms. The molecule has 0 amide bonds. The van der Waals surface area contributed by atoms with Crippen molar-refractivity contribution in [2.24, 2.45) is 0 Å². The van der Waals surface area contributed by atoms with Gasteiger partial charge in [-0.15, -0.1) is 16.4 Å². The third-order valence-electron chi connectivity index (χ3n) is 1.28. The monoisotopic (exact) mass is 140 g/mol. The van der Waals surface area contributed by atoms with E-state index in [0.29, 0.717) is 0 Å². The molecule has 0 fully saturated rings. The molecule has 2 heterocycles. The van der Waals surface area contributed by atoms with Crippen molar-refractivity contribution in [1.82, 2.24) is 0 Å². The molecule has 2 aromatic rings. The molecule has 0 nitrogen and oxygen atoms in total. The van der Waals surface area contributed by atoms with Gasteiger partial charge in [-0.05, 0) is 28.8 Å². The lowest BCUT2D eigenvalue weighted by molar-refractivity contribution is 2.18. The van der Waals surface area contributed by atoms with Crippen LogP contribution >= 0.6 is 16.4 Å². The summed E-state index contributed by atoms with van der Waals surface area (Å²) in [5, 5.41) is 3.06. The van der Waals surface area contributed by atoms with Crippen LogP contribution in [0.5, 0.6) is 0 Å². The van der Waals surface area contributed by atoms with Crippen molar-refractivity contribution in [2.75, 3.05) is 0 Å². The van der Waals surface area contributed by atoms with Crippen molar-refractivity contribution in [3.63, 3.8) is 0 Å². The van der Waals surface area contributed by atoms with Gasteiger partial charge in [-0.3, -0.25) is 0 Å². The first kappa shape index (κ1) is 4.68. The number of hydrogen-bond acceptors (Lipinski definition) is 0. The Morgan fingerprint density at radius 3 is 3.12 bits per heavy atom. The predicted octanol–water partition coefficient (Wildman–Crippen LogP) is 2.90. The molecule has 0 aliphatic rings. The second-order valence-corrected chi connectivity index (χ2v) is 3.87. The van der Waals surface area contributed by atoms with E-state index in [4.69, 9.17) is 0 Å². The van der Waals surface area contributed by atoms with Crippen LogP contribution in [0, 0.1) is 0 Å². The van der Waals surface area contributed by atoms with Crippen LogP contribution in [-0.4, -0.2) is 0 Å². The highest BCUT2D eigenvalue weighted by atomic mass is 31.0. The van der Waals surface area contributed by atoms with Gasteiger partial charge in [0, 0.05) is 5.12 Å². The maximum Gasteiger partial charge on any atom is 0.00218 e. The molecule has 40 valence electrons. The number of rotatable bonds is 0. The van der Waals surface area contributed by atoms with Gasteiger partial charge in [-0.25, -0.2) is 0 Å². The van der Waals surface area contributed by atoms with E-state index in [2.05, 4.69) is 23.5 Å². The minimum atomic E-state index is 0.959. The van der Waals surface area contributed by atoms with Gasteiger partial charge >= 0.3 is 0 Å². The Hall–Kier alpha value is -0.180. The Kier molecular flexibility index (Phi) is 0.966. The van der Waals surface area contributed by atoms with E-state index in [1.807, 2.05) is 0 Å². The third kappa shape index (κ3) is 0.540. The molecule has 0 radical (unpaired) electrons. The van der Waals surface area contributed by atoms with Crippen molar-refractivity contribution < 1.29 is 0 Å².